The molecule has 0 spiro atoms. The van der Waals surface area contributed by atoms with E-state index in [9.17, 15) is 4.79 Å². The Labute approximate surface area is 95.2 Å². The first-order valence-corrected chi connectivity index (χ1v) is 6.65. The number of hydrogen-bond acceptors (Lipinski definition) is 4. The maximum absolute atomic E-state index is 11.7. The predicted octanol–water partition coefficient (Wildman–Crippen LogP) is -0.0330. The van der Waals surface area contributed by atoms with Gasteiger partial charge in [-0.25, -0.2) is 0 Å². The van der Waals surface area contributed by atoms with E-state index in [1.54, 1.807) is 11.8 Å². The summed E-state index contributed by atoms with van der Waals surface area (Å²) in [5, 5.41) is 15.3. The number of aliphatic hydroxyl groups excluding tert-OH is 1. The fourth-order valence-corrected chi connectivity index (χ4v) is 2.39. The third-order valence-corrected chi connectivity index (χ3v) is 3.95. The van der Waals surface area contributed by atoms with Crippen LogP contribution in [0.2, 0.25) is 0 Å². The molecule has 5 heteroatoms. The Bertz CT molecular complexity index is 204. The van der Waals surface area contributed by atoms with E-state index in [1.807, 2.05) is 13.2 Å². The lowest BCUT2D eigenvalue weighted by Gasteiger charge is -2.23. The molecule has 0 bridgehead atoms. The Balaban J connectivity index is 2.35. The number of nitrogens with one attached hydrogen (secondary N) is 2. The number of carbonyl (C=O) groups excluding carboxylic acids is 1. The second-order valence-corrected chi connectivity index (χ2v) is 4.98. The van der Waals surface area contributed by atoms with Crippen molar-refractivity contribution in [2.45, 2.75) is 37.1 Å². The zero-order valence-corrected chi connectivity index (χ0v) is 10.1. The Morgan fingerprint density at radius 2 is 2.47 bits per heavy atom. The van der Waals surface area contributed by atoms with Gasteiger partial charge < -0.3 is 15.7 Å². The van der Waals surface area contributed by atoms with Gasteiger partial charge in [-0.2, -0.15) is 11.8 Å². The SMILES string of the molecule is CSC(CO)C(C)NC(=O)C1CCCN1. The molecule has 0 aromatic heterocycles. The van der Waals surface area contributed by atoms with Crippen molar-refractivity contribution in [3.8, 4) is 0 Å². The highest BCUT2D eigenvalue weighted by atomic mass is 32.2. The topological polar surface area (TPSA) is 61.4 Å². The van der Waals surface area contributed by atoms with Crippen LogP contribution in [0.3, 0.4) is 0 Å². The lowest BCUT2D eigenvalue weighted by atomic mass is 10.2. The number of rotatable bonds is 5. The fraction of sp³-hybridized carbons (Fsp3) is 0.900. The van der Waals surface area contributed by atoms with Gasteiger partial charge in [0, 0.05) is 11.3 Å². The van der Waals surface area contributed by atoms with E-state index < -0.39 is 0 Å². The molecule has 0 aromatic carbocycles. The van der Waals surface area contributed by atoms with E-state index in [1.165, 1.54) is 0 Å². The molecular formula is C10H20N2O2S. The van der Waals surface area contributed by atoms with Crippen molar-refractivity contribution in [2.75, 3.05) is 19.4 Å². The van der Waals surface area contributed by atoms with Crippen LogP contribution in [0.15, 0.2) is 0 Å². The highest BCUT2D eigenvalue weighted by Crippen LogP contribution is 2.11. The molecule has 3 unspecified atom stereocenters. The van der Waals surface area contributed by atoms with Gasteiger partial charge >= 0.3 is 0 Å². The summed E-state index contributed by atoms with van der Waals surface area (Å²) in [5.74, 6) is 0.0625. The van der Waals surface area contributed by atoms with Crippen molar-refractivity contribution in [3.63, 3.8) is 0 Å². The van der Waals surface area contributed by atoms with Crippen LogP contribution in [0.1, 0.15) is 19.8 Å². The lowest BCUT2D eigenvalue weighted by molar-refractivity contribution is -0.123. The number of hydrogen-bond donors (Lipinski definition) is 3. The van der Waals surface area contributed by atoms with Gasteiger partial charge in [-0.15, -0.1) is 0 Å². The monoisotopic (exact) mass is 232 g/mol. The third-order valence-electron chi connectivity index (χ3n) is 2.79. The summed E-state index contributed by atoms with van der Waals surface area (Å²) < 4.78 is 0. The number of aliphatic hydroxyl groups is 1. The summed E-state index contributed by atoms with van der Waals surface area (Å²) >= 11 is 1.58. The molecule has 15 heavy (non-hydrogen) atoms. The zero-order chi connectivity index (χ0) is 11.3. The zero-order valence-electron chi connectivity index (χ0n) is 9.32. The maximum atomic E-state index is 11.7. The second kappa shape index (κ2) is 6.35. The predicted molar refractivity (Wildman–Crippen MR) is 63.0 cm³/mol. The Kier molecular flexibility index (Phi) is 5.42. The van der Waals surface area contributed by atoms with Crippen molar-refractivity contribution < 1.29 is 9.90 Å². The molecule has 0 saturated carbocycles. The first kappa shape index (κ1) is 12.8. The molecule has 0 radical (unpaired) electrons. The molecule has 0 aromatic rings. The molecule has 1 aliphatic heterocycles. The lowest BCUT2D eigenvalue weighted by Crippen LogP contribution is -2.48. The average molecular weight is 232 g/mol. The highest BCUT2D eigenvalue weighted by molar-refractivity contribution is 7.99. The maximum Gasteiger partial charge on any atom is 0.237 e. The summed E-state index contributed by atoms with van der Waals surface area (Å²) in [6.45, 7) is 2.96. The van der Waals surface area contributed by atoms with Crippen LogP contribution in [0.5, 0.6) is 0 Å². The Hall–Kier alpha value is -0.260. The molecule has 3 atom stereocenters. The van der Waals surface area contributed by atoms with Gasteiger partial charge in [-0.05, 0) is 32.6 Å². The minimum atomic E-state index is -0.0337. The van der Waals surface area contributed by atoms with Crippen LogP contribution in [0.4, 0.5) is 0 Å². The van der Waals surface area contributed by atoms with E-state index in [-0.39, 0.29) is 29.8 Å². The molecule has 1 rings (SSSR count). The normalized spacial score (nSPS) is 24.9. The number of amides is 1. The van der Waals surface area contributed by atoms with Crippen LogP contribution in [-0.4, -0.2) is 47.8 Å². The smallest absolute Gasteiger partial charge is 0.237 e. The molecule has 4 nitrogen and oxygen atoms in total. The van der Waals surface area contributed by atoms with Crippen molar-refractivity contribution in [3.05, 3.63) is 0 Å². The van der Waals surface area contributed by atoms with Gasteiger partial charge in [0.2, 0.25) is 5.91 Å². The first-order chi connectivity index (χ1) is 7.19. The van der Waals surface area contributed by atoms with Crippen LogP contribution < -0.4 is 10.6 Å². The van der Waals surface area contributed by atoms with E-state index in [0.717, 1.165) is 19.4 Å². The quantitative estimate of drug-likeness (QED) is 0.623. The molecule has 1 aliphatic rings. The summed E-state index contributed by atoms with van der Waals surface area (Å²) in [4.78, 5) is 11.7. The largest absolute Gasteiger partial charge is 0.395 e. The van der Waals surface area contributed by atoms with E-state index >= 15 is 0 Å². The second-order valence-electron chi connectivity index (χ2n) is 3.90. The van der Waals surface area contributed by atoms with Crippen LogP contribution in [0, 0.1) is 0 Å². The Morgan fingerprint density at radius 3 is 2.93 bits per heavy atom. The Morgan fingerprint density at radius 1 is 1.73 bits per heavy atom. The van der Waals surface area contributed by atoms with Gasteiger partial charge in [-0.3, -0.25) is 4.79 Å². The minimum Gasteiger partial charge on any atom is -0.395 e. The van der Waals surface area contributed by atoms with Gasteiger partial charge in [0.25, 0.3) is 0 Å². The van der Waals surface area contributed by atoms with Gasteiger partial charge in [-0.1, -0.05) is 0 Å². The molecule has 0 aliphatic carbocycles. The van der Waals surface area contributed by atoms with Crippen LogP contribution in [0.25, 0.3) is 0 Å². The molecule has 88 valence electrons. The molecule has 1 fully saturated rings. The third kappa shape index (κ3) is 3.66. The van der Waals surface area contributed by atoms with Gasteiger partial charge in [0.15, 0.2) is 0 Å². The average Bonchev–Trinajstić information content (AvgIpc) is 2.72. The minimum absolute atomic E-state index is 0.0138. The van der Waals surface area contributed by atoms with Crippen molar-refractivity contribution in [1.29, 1.82) is 0 Å². The number of carbonyl (C=O) groups is 1. The van der Waals surface area contributed by atoms with E-state index in [4.69, 9.17) is 5.11 Å². The summed E-state index contributed by atoms with van der Waals surface area (Å²) in [5.41, 5.74) is 0. The molecule has 3 N–H and O–H groups in total. The summed E-state index contributed by atoms with van der Waals surface area (Å²) in [6, 6.07) is -0.0199. The molecule has 1 amide bonds. The van der Waals surface area contributed by atoms with Crippen molar-refractivity contribution in [1.82, 2.24) is 10.6 Å². The number of thioether (sulfide) groups is 1. The van der Waals surface area contributed by atoms with Crippen molar-refractivity contribution in [2.24, 2.45) is 0 Å². The molecule has 1 heterocycles. The molecular weight excluding hydrogens is 212 g/mol. The highest BCUT2D eigenvalue weighted by Gasteiger charge is 2.25. The van der Waals surface area contributed by atoms with Crippen LogP contribution >= 0.6 is 11.8 Å². The van der Waals surface area contributed by atoms with Crippen LogP contribution in [-0.2, 0) is 4.79 Å². The van der Waals surface area contributed by atoms with Gasteiger partial charge in [0.05, 0.1) is 12.6 Å². The van der Waals surface area contributed by atoms with E-state index in [2.05, 4.69) is 10.6 Å². The summed E-state index contributed by atoms with van der Waals surface area (Å²) in [7, 11) is 0. The molecule has 1 saturated heterocycles. The standard InChI is InChI=1S/C10H20N2O2S/c1-7(9(6-13)15-2)12-10(14)8-4-3-5-11-8/h7-9,11,13H,3-6H2,1-2H3,(H,12,14). The summed E-state index contributed by atoms with van der Waals surface area (Å²) in [6.07, 6.45) is 3.93. The van der Waals surface area contributed by atoms with E-state index in [0.29, 0.717) is 0 Å². The first-order valence-electron chi connectivity index (χ1n) is 5.36. The van der Waals surface area contributed by atoms with Crippen molar-refractivity contribution >= 4 is 17.7 Å². The van der Waals surface area contributed by atoms with Gasteiger partial charge in [0.1, 0.15) is 0 Å². The fourth-order valence-electron chi connectivity index (χ4n) is 1.76.